The fourth-order valence-corrected chi connectivity index (χ4v) is 2.43. The van der Waals surface area contributed by atoms with Crippen molar-refractivity contribution in [2.24, 2.45) is 0 Å². The van der Waals surface area contributed by atoms with Crippen LogP contribution in [-0.4, -0.2) is 33.4 Å². The van der Waals surface area contributed by atoms with E-state index < -0.39 is 0 Å². The van der Waals surface area contributed by atoms with Crippen LogP contribution in [-0.2, 0) is 6.54 Å². The summed E-state index contributed by atoms with van der Waals surface area (Å²) in [5.41, 5.74) is 2.30. The van der Waals surface area contributed by atoms with Crippen molar-refractivity contribution in [3.05, 3.63) is 41.6 Å². The Morgan fingerprint density at radius 2 is 2.19 bits per heavy atom. The summed E-state index contributed by atoms with van der Waals surface area (Å²) in [6.45, 7) is 0.421. The first-order valence-corrected chi connectivity index (χ1v) is 6.88. The van der Waals surface area contributed by atoms with Gasteiger partial charge in [0.05, 0.1) is 18.7 Å². The summed E-state index contributed by atoms with van der Waals surface area (Å²) in [6, 6.07) is 9.38. The number of aromatic nitrogens is 3. The second-order valence-corrected chi connectivity index (χ2v) is 4.98. The third-order valence-corrected chi connectivity index (χ3v) is 3.41. The van der Waals surface area contributed by atoms with Crippen LogP contribution in [0.1, 0.15) is 0 Å². The Hall–Kier alpha value is -2.11. The first-order chi connectivity index (χ1) is 10.2. The van der Waals surface area contributed by atoms with E-state index in [1.54, 1.807) is 19.4 Å². The van der Waals surface area contributed by atoms with Crippen molar-refractivity contribution in [3.63, 3.8) is 0 Å². The van der Waals surface area contributed by atoms with Gasteiger partial charge in [0.2, 0.25) is 0 Å². The number of aliphatic hydroxyl groups is 1. The molecule has 0 bridgehead atoms. The van der Waals surface area contributed by atoms with E-state index in [4.69, 9.17) is 16.3 Å². The smallest absolute Gasteiger partial charge is 0.160 e. The number of fused-ring (bicyclic) bond motifs is 1. The fourth-order valence-electron chi connectivity index (χ4n) is 2.28. The molecule has 0 fully saturated rings. The molecule has 2 aromatic heterocycles. The van der Waals surface area contributed by atoms with Crippen LogP contribution < -0.4 is 4.74 Å². The SMILES string of the molecule is COc1cccc(-c2nc3cc(Cl)cnc3n2CCO)c1. The van der Waals surface area contributed by atoms with Gasteiger partial charge in [0.1, 0.15) is 17.1 Å². The van der Waals surface area contributed by atoms with E-state index >= 15 is 0 Å². The number of hydrogen-bond donors (Lipinski definition) is 1. The Morgan fingerprint density at radius 1 is 1.33 bits per heavy atom. The molecule has 3 aromatic rings. The number of aliphatic hydroxyl groups excluding tert-OH is 1. The van der Waals surface area contributed by atoms with Crippen LogP contribution in [0.2, 0.25) is 5.02 Å². The van der Waals surface area contributed by atoms with Crippen LogP contribution >= 0.6 is 11.6 Å². The summed E-state index contributed by atoms with van der Waals surface area (Å²) >= 11 is 5.97. The molecule has 3 rings (SSSR count). The minimum atomic E-state index is 0.00668. The number of hydrogen-bond acceptors (Lipinski definition) is 4. The number of pyridine rings is 1. The predicted octanol–water partition coefficient (Wildman–Crippen LogP) is 2.75. The molecule has 1 N–H and O–H groups in total. The molecule has 1 aromatic carbocycles. The molecular weight excluding hydrogens is 290 g/mol. The van der Waals surface area contributed by atoms with Gasteiger partial charge in [0, 0.05) is 18.3 Å². The van der Waals surface area contributed by atoms with E-state index in [1.165, 1.54) is 0 Å². The Bertz CT molecular complexity index is 786. The standard InChI is InChI=1S/C15H14ClN3O2/c1-21-12-4-2-3-10(7-12)14-18-13-8-11(16)9-17-15(13)19(14)5-6-20/h2-4,7-9,20H,5-6H2,1H3. The highest BCUT2D eigenvalue weighted by Gasteiger charge is 2.14. The van der Waals surface area contributed by atoms with E-state index in [0.29, 0.717) is 22.7 Å². The average Bonchev–Trinajstić information content (AvgIpc) is 2.85. The predicted molar refractivity (Wildman–Crippen MR) is 81.6 cm³/mol. The Kier molecular flexibility index (Phi) is 3.77. The van der Waals surface area contributed by atoms with Crippen LogP contribution in [0, 0.1) is 0 Å². The van der Waals surface area contributed by atoms with Crippen molar-refractivity contribution in [1.82, 2.24) is 14.5 Å². The van der Waals surface area contributed by atoms with Gasteiger partial charge in [-0.25, -0.2) is 9.97 Å². The van der Waals surface area contributed by atoms with E-state index in [1.807, 2.05) is 28.8 Å². The Morgan fingerprint density at radius 3 is 2.95 bits per heavy atom. The molecule has 0 spiro atoms. The zero-order valence-electron chi connectivity index (χ0n) is 11.5. The van der Waals surface area contributed by atoms with Crippen molar-refractivity contribution in [2.45, 2.75) is 6.54 Å². The van der Waals surface area contributed by atoms with Gasteiger partial charge in [-0.15, -0.1) is 0 Å². The molecular formula is C15H14ClN3O2. The van der Waals surface area contributed by atoms with Crippen molar-refractivity contribution in [2.75, 3.05) is 13.7 Å². The zero-order chi connectivity index (χ0) is 14.8. The van der Waals surface area contributed by atoms with E-state index in [0.717, 1.165) is 17.1 Å². The van der Waals surface area contributed by atoms with Crippen LogP contribution in [0.5, 0.6) is 5.75 Å². The first-order valence-electron chi connectivity index (χ1n) is 6.50. The summed E-state index contributed by atoms with van der Waals surface area (Å²) in [7, 11) is 1.62. The highest BCUT2D eigenvalue weighted by molar-refractivity contribution is 6.31. The average molecular weight is 304 g/mol. The molecule has 0 aliphatic carbocycles. The maximum absolute atomic E-state index is 9.30. The third kappa shape index (κ3) is 2.57. The fraction of sp³-hybridized carbons (Fsp3) is 0.200. The van der Waals surface area contributed by atoms with Crippen molar-refractivity contribution in [3.8, 4) is 17.1 Å². The van der Waals surface area contributed by atoms with E-state index in [9.17, 15) is 5.11 Å². The molecule has 5 nitrogen and oxygen atoms in total. The maximum Gasteiger partial charge on any atom is 0.160 e. The minimum absolute atomic E-state index is 0.00668. The normalized spacial score (nSPS) is 11.0. The van der Waals surface area contributed by atoms with Gasteiger partial charge in [-0.05, 0) is 18.2 Å². The molecule has 0 saturated carbocycles. The van der Waals surface area contributed by atoms with Crippen LogP contribution in [0.3, 0.4) is 0 Å². The van der Waals surface area contributed by atoms with Crippen molar-refractivity contribution < 1.29 is 9.84 Å². The number of imidazole rings is 1. The van der Waals surface area contributed by atoms with Crippen LogP contribution in [0.25, 0.3) is 22.6 Å². The molecule has 2 heterocycles. The number of nitrogens with zero attached hydrogens (tertiary/aromatic N) is 3. The van der Waals surface area contributed by atoms with Crippen LogP contribution in [0.15, 0.2) is 36.5 Å². The molecule has 0 unspecified atom stereocenters. The van der Waals surface area contributed by atoms with Crippen molar-refractivity contribution >= 4 is 22.8 Å². The van der Waals surface area contributed by atoms with Crippen LogP contribution in [0.4, 0.5) is 0 Å². The lowest BCUT2D eigenvalue weighted by molar-refractivity contribution is 0.278. The third-order valence-electron chi connectivity index (χ3n) is 3.20. The summed E-state index contributed by atoms with van der Waals surface area (Å²) in [6.07, 6.45) is 1.58. The van der Waals surface area contributed by atoms with Gasteiger partial charge in [-0.3, -0.25) is 0 Å². The number of benzene rings is 1. The maximum atomic E-state index is 9.30. The molecule has 0 atom stereocenters. The second kappa shape index (κ2) is 5.71. The quantitative estimate of drug-likeness (QED) is 0.805. The molecule has 21 heavy (non-hydrogen) atoms. The topological polar surface area (TPSA) is 60.2 Å². The molecule has 108 valence electrons. The number of rotatable bonds is 4. The molecule has 0 aliphatic rings. The molecule has 0 aliphatic heterocycles. The monoisotopic (exact) mass is 303 g/mol. The lowest BCUT2D eigenvalue weighted by Crippen LogP contribution is -2.05. The highest BCUT2D eigenvalue weighted by Crippen LogP contribution is 2.27. The van der Waals surface area contributed by atoms with Gasteiger partial charge in [-0.1, -0.05) is 23.7 Å². The summed E-state index contributed by atoms with van der Waals surface area (Å²) < 4.78 is 7.12. The summed E-state index contributed by atoms with van der Waals surface area (Å²) in [5.74, 6) is 1.48. The highest BCUT2D eigenvalue weighted by atomic mass is 35.5. The second-order valence-electron chi connectivity index (χ2n) is 4.54. The number of halogens is 1. The van der Waals surface area contributed by atoms with Gasteiger partial charge < -0.3 is 14.4 Å². The molecule has 6 heteroatoms. The molecule has 0 saturated heterocycles. The summed E-state index contributed by atoms with van der Waals surface area (Å²) in [5, 5.41) is 9.83. The van der Waals surface area contributed by atoms with Gasteiger partial charge in [0.25, 0.3) is 0 Å². The van der Waals surface area contributed by atoms with E-state index in [2.05, 4.69) is 9.97 Å². The largest absolute Gasteiger partial charge is 0.497 e. The van der Waals surface area contributed by atoms with E-state index in [-0.39, 0.29) is 6.61 Å². The molecule has 0 radical (unpaired) electrons. The minimum Gasteiger partial charge on any atom is -0.497 e. The van der Waals surface area contributed by atoms with Gasteiger partial charge in [-0.2, -0.15) is 0 Å². The Balaban J connectivity index is 2.22. The summed E-state index contributed by atoms with van der Waals surface area (Å²) in [4.78, 5) is 8.90. The van der Waals surface area contributed by atoms with Gasteiger partial charge in [0.15, 0.2) is 5.65 Å². The first kappa shape index (κ1) is 13.9. The number of ether oxygens (including phenoxy) is 1. The Labute approximate surface area is 126 Å². The lowest BCUT2D eigenvalue weighted by Gasteiger charge is -2.08. The van der Waals surface area contributed by atoms with Crippen molar-refractivity contribution in [1.29, 1.82) is 0 Å². The molecule has 0 amide bonds. The van der Waals surface area contributed by atoms with Gasteiger partial charge >= 0.3 is 0 Å². The lowest BCUT2D eigenvalue weighted by atomic mass is 10.2. The number of methoxy groups -OCH3 is 1. The zero-order valence-corrected chi connectivity index (χ0v) is 12.2.